The number of carbonyl (C=O) groups is 1. The zero-order chi connectivity index (χ0) is 14.1. The number of aryl methyl sites for hydroxylation is 1. The van der Waals surface area contributed by atoms with E-state index in [-0.39, 0.29) is 5.91 Å². The number of carbonyl (C=O) groups excluding carboxylic acids is 1. The fourth-order valence-electron chi connectivity index (χ4n) is 1.62. The Labute approximate surface area is 115 Å². The highest BCUT2D eigenvalue weighted by molar-refractivity contribution is 5.80. The Bertz CT molecular complexity index is 393. The van der Waals surface area contributed by atoms with E-state index in [1.807, 2.05) is 38.1 Å². The monoisotopic (exact) mass is 265 g/mol. The minimum absolute atomic E-state index is 0.0991. The third-order valence-electron chi connectivity index (χ3n) is 2.64. The number of hydrogen-bond donors (Lipinski definition) is 1. The molecule has 1 aromatic carbocycles. The number of hydrogen-bond acceptors (Lipinski definition) is 3. The highest BCUT2D eigenvalue weighted by Crippen LogP contribution is 2.14. The molecule has 1 rings (SSSR count). The lowest BCUT2D eigenvalue weighted by Gasteiger charge is -2.15. The molecule has 4 heteroatoms. The van der Waals surface area contributed by atoms with Crippen molar-refractivity contribution in [1.82, 2.24) is 5.32 Å². The molecule has 19 heavy (non-hydrogen) atoms. The molecule has 1 N–H and O–H groups in total. The van der Waals surface area contributed by atoms with Crippen molar-refractivity contribution in [3.63, 3.8) is 0 Å². The smallest absolute Gasteiger partial charge is 0.260 e. The third kappa shape index (κ3) is 6.25. The largest absolute Gasteiger partial charge is 0.481 e. The maximum atomic E-state index is 11.8. The Morgan fingerprint density at radius 1 is 1.42 bits per heavy atom. The van der Waals surface area contributed by atoms with Gasteiger partial charge in [-0.05, 0) is 44.9 Å². The molecule has 0 unspecified atom stereocenters. The van der Waals surface area contributed by atoms with Crippen LogP contribution in [0.5, 0.6) is 5.75 Å². The first-order valence-corrected chi connectivity index (χ1v) is 6.72. The SMILES string of the molecule is CCOCCCNC(=O)[C@@H](C)Oc1cccc(C)c1. The molecular weight excluding hydrogens is 242 g/mol. The summed E-state index contributed by atoms with van der Waals surface area (Å²) in [6, 6.07) is 7.67. The van der Waals surface area contributed by atoms with Gasteiger partial charge in [-0.2, -0.15) is 0 Å². The van der Waals surface area contributed by atoms with Crippen LogP contribution in [-0.2, 0) is 9.53 Å². The van der Waals surface area contributed by atoms with Crippen LogP contribution in [0.1, 0.15) is 25.8 Å². The molecule has 0 aliphatic carbocycles. The Morgan fingerprint density at radius 3 is 2.89 bits per heavy atom. The zero-order valence-electron chi connectivity index (χ0n) is 11.9. The molecule has 4 nitrogen and oxygen atoms in total. The highest BCUT2D eigenvalue weighted by atomic mass is 16.5. The molecule has 0 heterocycles. The fraction of sp³-hybridized carbons (Fsp3) is 0.533. The predicted molar refractivity (Wildman–Crippen MR) is 75.4 cm³/mol. The quantitative estimate of drug-likeness (QED) is 0.734. The van der Waals surface area contributed by atoms with Crippen molar-refractivity contribution < 1.29 is 14.3 Å². The van der Waals surface area contributed by atoms with Gasteiger partial charge in [0.1, 0.15) is 5.75 Å². The van der Waals surface area contributed by atoms with Gasteiger partial charge in [-0.3, -0.25) is 4.79 Å². The summed E-state index contributed by atoms with van der Waals surface area (Å²) in [5.41, 5.74) is 1.11. The van der Waals surface area contributed by atoms with Crippen LogP contribution >= 0.6 is 0 Å². The van der Waals surface area contributed by atoms with Crippen LogP contribution in [0.15, 0.2) is 24.3 Å². The van der Waals surface area contributed by atoms with Crippen molar-refractivity contribution >= 4 is 5.91 Å². The molecule has 0 spiro atoms. The van der Waals surface area contributed by atoms with Crippen molar-refractivity contribution in [2.75, 3.05) is 19.8 Å². The van der Waals surface area contributed by atoms with Crippen molar-refractivity contribution in [1.29, 1.82) is 0 Å². The van der Waals surface area contributed by atoms with Crippen LogP contribution in [0.25, 0.3) is 0 Å². The number of amides is 1. The Balaban J connectivity index is 2.28. The molecule has 0 aliphatic heterocycles. The number of benzene rings is 1. The van der Waals surface area contributed by atoms with Crippen molar-refractivity contribution in [2.24, 2.45) is 0 Å². The molecule has 1 atom stereocenters. The van der Waals surface area contributed by atoms with Gasteiger partial charge < -0.3 is 14.8 Å². The first-order valence-electron chi connectivity index (χ1n) is 6.72. The average molecular weight is 265 g/mol. The van der Waals surface area contributed by atoms with E-state index in [9.17, 15) is 4.79 Å². The molecule has 0 aliphatic rings. The van der Waals surface area contributed by atoms with E-state index in [0.717, 1.165) is 17.7 Å². The standard InChI is InChI=1S/C15H23NO3/c1-4-18-10-6-9-16-15(17)13(3)19-14-8-5-7-12(2)11-14/h5,7-8,11,13H,4,6,9-10H2,1-3H3,(H,16,17)/t13-/m1/s1. The molecule has 0 fully saturated rings. The van der Waals surface area contributed by atoms with Gasteiger partial charge in [-0.25, -0.2) is 0 Å². The predicted octanol–water partition coefficient (Wildman–Crippen LogP) is 2.31. The molecule has 1 amide bonds. The van der Waals surface area contributed by atoms with Crippen molar-refractivity contribution in [3.05, 3.63) is 29.8 Å². The van der Waals surface area contributed by atoms with E-state index in [1.165, 1.54) is 0 Å². The van der Waals surface area contributed by atoms with Crippen LogP contribution in [0.2, 0.25) is 0 Å². The molecule has 0 radical (unpaired) electrons. The summed E-state index contributed by atoms with van der Waals surface area (Å²) in [5, 5.41) is 2.83. The van der Waals surface area contributed by atoms with Crippen LogP contribution in [0.4, 0.5) is 0 Å². The van der Waals surface area contributed by atoms with Gasteiger partial charge in [-0.15, -0.1) is 0 Å². The van der Waals surface area contributed by atoms with E-state index in [4.69, 9.17) is 9.47 Å². The molecular formula is C15H23NO3. The molecule has 0 saturated carbocycles. The summed E-state index contributed by atoms with van der Waals surface area (Å²) in [4.78, 5) is 11.8. The first kappa shape index (κ1) is 15.5. The van der Waals surface area contributed by atoms with E-state index < -0.39 is 6.10 Å². The summed E-state index contributed by atoms with van der Waals surface area (Å²) < 4.78 is 10.8. The van der Waals surface area contributed by atoms with Gasteiger partial charge in [-0.1, -0.05) is 12.1 Å². The van der Waals surface area contributed by atoms with E-state index in [2.05, 4.69) is 5.32 Å². The number of rotatable bonds is 8. The van der Waals surface area contributed by atoms with E-state index in [0.29, 0.717) is 19.8 Å². The molecule has 106 valence electrons. The Kier molecular flexibility index (Phi) is 6.97. The summed E-state index contributed by atoms with van der Waals surface area (Å²) in [7, 11) is 0. The maximum Gasteiger partial charge on any atom is 0.260 e. The lowest BCUT2D eigenvalue weighted by atomic mass is 10.2. The second kappa shape index (κ2) is 8.53. The number of nitrogens with one attached hydrogen (secondary N) is 1. The van der Waals surface area contributed by atoms with Crippen molar-refractivity contribution in [3.8, 4) is 5.75 Å². The minimum atomic E-state index is -0.492. The van der Waals surface area contributed by atoms with Gasteiger partial charge in [0.2, 0.25) is 0 Å². The average Bonchev–Trinajstić information content (AvgIpc) is 2.38. The van der Waals surface area contributed by atoms with Crippen LogP contribution in [0, 0.1) is 6.92 Å². The second-order valence-corrected chi connectivity index (χ2v) is 4.42. The molecule has 0 bridgehead atoms. The molecule has 1 aromatic rings. The summed E-state index contributed by atoms with van der Waals surface area (Å²) in [6.45, 7) is 7.69. The number of ether oxygens (including phenoxy) is 2. The van der Waals surface area contributed by atoms with Crippen LogP contribution < -0.4 is 10.1 Å². The minimum Gasteiger partial charge on any atom is -0.481 e. The van der Waals surface area contributed by atoms with Crippen LogP contribution in [-0.4, -0.2) is 31.8 Å². The van der Waals surface area contributed by atoms with Crippen LogP contribution in [0.3, 0.4) is 0 Å². The van der Waals surface area contributed by atoms with Crippen molar-refractivity contribution in [2.45, 2.75) is 33.3 Å². The summed E-state index contributed by atoms with van der Waals surface area (Å²) in [6.07, 6.45) is 0.324. The highest BCUT2D eigenvalue weighted by Gasteiger charge is 2.13. The van der Waals surface area contributed by atoms with Gasteiger partial charge in [0.05, 0.1) is 0 Å². The Morgan fingerprint density at radius 2 is 2.21 bits per heavy atom. The first-order chi connectivity index (χ1) is 9.13. The normalized spacial score (nSPS) is 11.9. The van der Waals surface area contributed by atoms with Gasteiger partial charge in [0, 0.05) is 19.8 Å². The van der Waals surface area contributed by atoms with Gasteiger partial charge >= 0.3 is 0 Å². The maximum absolute atomic E-state index is 11.8. The summed E-state index contributed by atoms with van der Waals surface area (Å²) >= 11 is 0. The van der Waals surface area contributed by atoms with Gasteiger partial charge in [0.25, 0.3) is 5.91 Å². The topological polar surface area (TPSA) is 47.6 Å². The third-order valence-corrected chi connectivity index (χ3v) is 2.64. The van der Waals surface area contributed by atoms with Gasteiger partial charge in [0.15, 0.2) is 6.10 Å². The lowest BCUT2D eigenvalue weighted by Crippen LogP contribution is -2.37. The Hall–Kier alpha value is -1.55. The van der Waals surface area contributed by atoms with E-state index in [1.54, 1.807) is 6.92 Å². The lowest BCUT2D eigenvalue weighted by molar-refractivity contribution is -0.127. The van der Waals surface area contributed by atoms with E-state index >= 15 is 0 Å². The molecule has 0 saturated heterocycles. The fourth-order valence-corrected chi connectivity index (χ4v) is 1.62. The summed E-state index contributed by atoms with van der Waals surface area (Å²) in [5.74, 6) is 0.620. The second-order valence-electron chi connectivity index (χ2n) is 4.42. The molecule has 0 aromatic heterocycles. The zero-order valence-corrected chi connectivity index (χ0v) is 11.9.